The summed E-state index contributed by atoms with van der Waals surface area (Å²) in [5, 5.41) is 7.59. The molecule has 0 fully saturated rings. The van der Waals surface area contributed by atoms with E-state index in [1.165, 1.54) is 52.6 Å². The Hall–Kier alpha value is -7.02. The van der Waals surface area contributed by atoms with Gasteiger partial charge in [0.25, 0.3) is 0 Å². The Bertz CT molecular complexity index is 3360. The molecule has 2 aliphatic carbocycles. The summed E-state index contributed by atoms with van der Waals surface area (Å²) in [6, 6.07) is 53.3. The van der Waals surface area contributed by atoms with Gasteiger partial charge >= 0.3 is 0 Å². The number of hydrogen-bond donors (Lipinski definition) is 0. The van der Waals surface area contributed by atoms with Gasteiger partial charge in [0.05, 0.1) is 21.8 Å². The first-order valence-electron chi connectivity index (χ1n) is 19.4. The zero-order valence-corrected chi connectivity index (χ0v) is 31.8. The number of fused-ring (bicyclic) bond motifs is 11. The number of hydrogen-bond acceptors (Lipinski definition) is 5. The summed E-state index contributed by atoms with van der Waals surface area (Å²) >= 11 is 1.86. The van der Waals surface area contributed by atoms with E-state index in [1.807, 2.05) is 72.0 Å². The number of benzene rings is 6. The smallest absolute Gasteiger partial charge is 0.164 e. The molecule has 0 saturated heterocycles. The van der Waals surface area contributed by atoms with Crippen LogP contribution in [0.5, 0.6) is 0 Å². The third kappa shape index (κ3) is 5.07. The Morgan fingerprint density at radius 3 is 1.84 bits per heavy atom. The number of allylic oxidation sites excluding steroid dienone is 1. The molecule has 4 aromatic heterocycles. The summed E-state index contributed by atoms with van der Waals surface area (Å²) in [6.07, 6.45) is 7.14. The SMILES string of the molecule is CC1c2c(nc3c4sc5c6ccccc6ccc5c4cc(-c4ccc(-c5nc(-c6ccccc6)nc(-c6ccccc6)n5)cc4)n23)C=C2C=c3ccccc3=CC21. The van der Waals surface area contributed by atoms with E-state index in [1.54, 1.807) is 0 Å². The van der Waals surface area contributed by atoms with Crippen LogP contribution in [-0.2, 0) is 0 Å². The lowest BCUT2D eigenvalue weighted by Gasteiger charge is -2.29. The van der Waals surface area contributed by atoms with E-state index in [0.717, 1.165) is 39.3 Å². The Labute approximate surface area is 332 Å². The van der Waals surface area contributed by atoms with Crippen molar-refractivity contribution in [3.8, 4) is 45.4 Å². The molecule has 0 bridgehead atoms. The van der Waals surface area contributed by atoms with Crippen LogP contribution in [0.3, 0.4) is 0 Å². The van der Waals surface area contributed by atoms with Gasteiger partial charge < -0.3 is 0 Å². The molecule has 0 aliphatic heterocycles. The zero-order chi connectivity index (χ0) is 37.6. The van der Waals surface area contributed by atoms with E-state index in [2.05, 4.69) is 121 Å². The molecule has 0 N–H and O–H groups in total. The molecule has 0 radical (unpaired) electrons. The van der Waals surface area contributed by atoms with Crippen molar-refractivity contribution >= 4 is 66.2 Å². The molecule has 268 valence electrons. The lowest BCUT2D eigenvalue weighted by molar-refractivity contribution is 0.625. The molecule has 57 heavy (non-hydrogen) atoms. The molecule has 10 aromatic rings. The van der Waals surface area contributed by atoms with Crippen molar-refractivity contribution in [2.75, 3.05) is 0 Å². The predicted molar refractivity (Wildman–Crippen MR) is 235 cm³/mol. The standard InChI is InChI=1S/C51H33N5S/c1-30-41-27-37-18-9-8-17-36(37)26-38(41)28-43-45(30)56-44(29-42-40-25-24-31-12-10-11-19-39(31)46(40)57-47(42)51(56)52-43)32-20-22-35(23-21-32)50-54-48(33-13-4-2-5-14-33)53-49(55-50)34-15-6-3-7-16-34/h2-30,41H,1H3. The Kier molecular flexibility index (Phi) is 7.07. The van der Waals surface area contributed by atoms with Gasteiger partial charge in [-0.2, -0.15) is 0 Å². The molecule has 6 heteroatoms. The minimum absolute atomic E-state index is 0.211. The molecule has 2 aliphatic rings. The first-order chi connectivity index (χ1) is 28.1. The molecule has 0 amide bonds. The van der Waals surface area contributed by atoms with Crippen molar-refractivity contribution < 1.29 is 0 Å². The van der Waals surface area contributed by atoms with Gasteiger partial charge in [-0.3, -0.25) is 4.40 Å². The van der Waals surface area contributed by atoms with Gasteiger partial charge in [-0.1, -0.05) is 165 Å². The summed E-state index contributed by atoms with van der Waals surface area (Å²) in [7, 11) is 0. The summed E-state index contributed by atoms with van der Waals surface area (Å²) in [4.78, 5) is 20.4. The number of aromatic nitrogens is 5. The van der Waals surface area contributed by atoms with Gasteiger partial charge in [-0.05, 0) is 44.5 Å². The van der Waals surface area contributed by atoms with E-state index in [-0.39, 0.29) is 11.8 Å². The van der Waals surface area contributed by atoms with Gasteiger partial charge in [0.2, 0.25) is 0 Å². The minimum atomic E-state index is 0.211. The van der Waals surface area contributed by atoms with Crippen LogP contribution in [0.2, 0.25) is 0 Å². The molecule has 5 nitrogen and oxygen atoms in total. The van der Waals surface area contributed by atoms with Crippen LogP contribution >= 0.6 is 11.3 Å². The van der Waals surface area contributed by atoms with Gasteiger partial charge in [0.15, 0.2) is 23.1 Å². The third-order valence-electron chi connectivity index (χ3n) is 11.8. The van der Waals surface area contributed by atoms with Crippen LogP contribution in [0, 0.1) is 5.92 Å². The maximum absolute atomic E-state index is 5.52. The molecule has 0 saturated carbocycles. The molecular weight excluding hydrogens is 715 g/mol. The Balaban J connectivity index is 1.07. The topological polar surface area (TPSA) is 56.0 Å². The highest BCUT2D eigenvalue weighted by molar-refractivity contribution is 7.27. The van der Waals surface area contributed by atoms with Gasteiger partial charge in [-0.25, -0.2) is 19.9 Å². The molecular formula is C51H33N5S. The largest absolute Gasteiger partial charge is 0.295 e. The Morgan fingerprint density at radius 1 is 0.509 bits per heavy atom. The first kappa shape index (κ1) is 32.2. The average Bonchev–Trinajstić information content (AvgIpc) is 3.85. The Morgan fingerprint density at radius 2 is 1.12 bits per heavy atom. The highest BCUT2D eigenvalue weighted by Crippen LogP contribution is 2.47. The highest BCUT2D eigenvalue weighted by atomic mass is 32.1. The molecule has 2 unspecified atom stereocenters. The fraction of sp³-hybridized carbons (Fsp3) is 0.0588. The molecule has 4 heterocycles. The maximum atomic E-state index is 5.52. The predicted octanol–water partition coefficient (Wildman–Crippen LogP) is 11.1. The van der Waals surface area contributed by atoms with E-state index >= 15 is 0 Å². The molecule has 12 rings (SSSR count). The lowest BCUT2D eigenvalue weighted by atomic mass is 9.77. The van der Waals surface area contributed by atoms with Gasteiger partial charge in [0, 0.05) is 44.0 Å². The highest BCUT2D eigenvalue weighted by Gasteiger charge is 2.33. The fourth-order valence-electron chi connectivity index (χ4n) is 8.94. The fourth-order valence-corrected chi connectivity index (χ4v) is 10.2. The van der Waals surface area contributed by atoms with E-state index in [4.69, 9.17) is 19.9 Å². The van der Waals surface area contributed by atoms with Crippen LogP contribution < -0.4 is 10.4 Å². The molecule has 6 aromatic carbocycles. The number of pyridine rings is 1. The summed E-state index contributed by atoms with van der Waals surface area (Å²) < 4.78 is 4.97. The van der Waals surface area contributed by atoms with E-state index in [9.17, 15) is 0 Å². The van der Waals surface area contributed by atoms with Crippen molar-refractivity contribution in [2.24, 2.45) is 5.92 Å². The number of nitrogens with zero attached hydrogens (tertiary/aromatic N) is 5. The summed E-state index contributed by atoms with van der Waals surface area (Å²) in [5.74, 6) is 2.41. The quantitative estimate of drug-likeness (QED) is 0.180. The van der Waals surface area contributed by atoms with Crippen LogP contribution in [0.25, 0.3) is 100 Å². The normalized spacial score (nSPS) is 15.8. The van der Waals surface area contributed by atoms with Crippen molar-refractivity contribution in [1.82, 2.24) is 24.3 Å². The number of thiophene rings is 1. The second-order valence-electron chi connectivity index (χ2n) is 15.1. The molecule has 2 atom stereocenters. The van der Waals surface area contributed by atoms with Gasteiger partial charge in [0.1, 0.15) is 0 Å². The van der Waals surface area contributed by atoms with E-state index in [0.29, 0.717) is 17.5 Å². The van der Waals surface area contributed by atoms with Crippen LogP contribution in [0.4, 0.5) is 0 Å². The zero-order valence-electron chi connectivity index (χ0n) is 31.0. The average molecular weight is 748 g/mol. The number of imidazole rings is 1. The number of rotatable bonds is 4. The molecule has 0 spiro atoms. The monoisotopic (exact) mass is 747 g/mol. The van der Waals surface area contributed by atoms with Crippen LogP contribution in [0.15, 0.2) is 157 Å². The van der Waals surface area contributed by atoms with Crippen LogP contribution in [0.1, 0.15) is 24.2 Å². The summed E-state index contributed by atoms with van der Waals surface area (Å²) in [5.41, 5.74) is 9.71. The van der Waals surface area contributed by atoms with Crippen molar-refractivity contribution in [3.05, 3.63) is 179 Å². The maximum Gasteiger partial charge on any atom is 0.164 e. The second-order valence-corrected chi connectivity index (χ2v) is 16.1. The third-order valence-corrected chi connectivity index (χ3v) is 13.0. The van der Waals surface area contributed by atoms with Crippen molar-refractivity contribution in [3.63, 3.8) is 0 Å². The lowest BCUT2D eigenvalue weighted by Crippen LogP contribution is -2.32. The van der Waals surface area contributed by atoms with Crippen LogP contribution in [-0.4, -0.2) is 24.3 Å². The minimum Gasteiger partial charge on any atom is -0.295 e. The summed E-state index contributed by atoms with van der Waals surface area (Å²) in [6.45, 7) is 2.37. The van der Waals surface area contributed by atoms with E-state index < -0.39 is 0 Å². The first-order valence-corrected chi connectivity index (χ1v) is 20.2. The second kappa shape index (κ2) is 12.5. The van der Waals surface area contributed by atoms with Gasteiger partial charge in [-0.15, -0.1) is 11.3 Å². The van der Waals surface area contributed by atoms with Crippen molar-refractivity contribution in [2.45, 2.75) is 12.8 Å². The van der Waals surface area contributed by atoms with Crippen molar-refractivity contribution in [1.29, 1.82) is 0 Å².